The minimum atomic E-state index is -0.781. The monoisotopic (exact) mass is 479 g/mol. The molecular weight excluding hydrogens is 453 g/mol. The van der Waals surface area contributed by atoms with Crippen molar-refractivity contribution in [1.29, 1.82) is 0 Å². The third-order valence-electron chi connectivity index (χ3n) is 5.85. The summed E-state index contributed by atoms with van der Waals surface area (Å²) >= 11 is 1.36. The van der Waals surface area contributed by atoms with Crippen molar-refractivity contribution < 1.29 is 18.7 Å². The molecule has 0 bridgehead atoms. The summed E-state index contributed by atoms with van der Waals surface area (Å²) < 4.78 is 20.1. The van der Waals surface area contributed by atoms with Gasteiger partial charge in [0, 0.05) is 11.3 Å². The van der Waals surface area contributed by atoms with Crippen LogP contribution in [0.4, 0.5) is 4.39 Å². The summed E-state index contributed by atoms with van der Waals surface area (Å²) in [6, 6.07) is 15.1. The molecule has 2 heterocycles. The van der Waals surface area contributed by atoms with E-state index in [0.717, 1.165) is 5.56 Å². The molecule has 0 unspecified atom stereocenters. The van der Waals surface area contributed by atoms with Gasteiger partial charge in [0.2, 0.25) is 5.91 Å². The maximum Gasteiger partial charge on any atom is 0.338 e. The van der Waals surface area contributed by atoms with Gasteiger partial charge < -0.3 is 15.0 Å². The number of rotatable bonds is 7. The van der Waals surface area contributed by atoms with Crippen LogP contribution in [0.25, 0.3) is 0 Å². The van der Waals surface area contributed by atoms with Crippen LogP contribution in [0.1, 0.15) is 49.9 Å². The molecule has 6 nitrogen and oxygen atoms in total. The molecule has 0 fully saturated rings. The van der Waals surface area contributed by atoms with E-state index in [1.165, 1.54) is 24.9 Å². The molecule has 2 aromatic rings. The second-order valence-corrected chi connectivity index (χ2v) is 8.83. The second kappa shape index (κ2) is 10.3. The van der Waals surface area contributed by atoms with E-state index in [2.05, 4.69) is 10.3 Å². The van der Waals surface area contributed by atoms with E-state index in [0.29, 0.717) is 28.5 Å². The Morgan fingerprint density at radius 2 is 1.88 bits per heavy atom. The third kappa shape index (κ3) is 4.63. The summed E-state index contributed by atoms with van der Waals surface area (Å²) in [4.78, 5) is 32.2. The minimum absolute atomic E-state index is 0.0596. The topological polar surface area (TPSA) is 71.0 Å². The zero-order chi connectivity index (χ0) is 24.2. The fourth-order valence-corrected chi connectivity index (χ4v) is 5.12. The highest BCUT2D eigenvalue weighted by atomic mass is 32.2. The van der Waals surface area contributed by atoms with E-state index in [-0.39, 0.29) is 23.9 Å². The van der Waals surface area contributed by atoms with Crippen molar-refractivity contribution in [2.45, 2.75) is 38.8 Å². The normalized spacial score (nSPS) is 18.1. The third-order valence-corrected chi connectivity index (χ3v) is 6.74. The highest BCUT2D eigenvalue weighted by molar-refractivity contribution is 8.16. The highest BCUT2D eigenvalue weighted by Crippen LogP contribution is 2.45. The Morgan fingerprint density at radius 1 is 1.18 bits per heavy atom. The predicted molar refractivity (Wildman–Crippen MR) is 131 cm³/mol. The number of amides is 1. The van der Waals surface area contributed by atoms with Gasteiger partial charge in [-0.2, -0.15) is 0 Å². The van der Waals surface area contributed by atoms with Gasteiger partial charge in [0.25, 0.3) is 0 Å². The van der Waals surface area contributed by atoms with E-state index in [9.17, 15) is 9.59 Å². The van der Waals surface area contributed by atoms with Gasteiger partial charge in [0.05, 0.1) is 36.9 Å². The molecule has 8 heteroatoms. The van der Waals surface area contributed by atoms with Crippen molar-refractivity contribution in [1.82, 2.24) is 10.2 Å². The fourth-order valence-electron chi connectivity index (χ4n) is 4.19. The smallest absolute Gasteiger partial charge is 0.338 e. The van der Waals surface area contributed by atoms with Crippen LogP contribution >= 0.6 is 11.8 Å². The largest absolute Gasteiger partial charge is 0.466 e. The Labute approximate surface area is 202 Å². The van der Waals surface area contributed by atoms with Crippen LogP contribution in [0.2, 0.25) is 0 Å². The van der Waals surface area contributed by atoms with Crippen LogP contribution in [-0.4, -0.2) is 29.1 Å². The zero-order valence-electron chi connectivity index (χ0n) is 19.2. The number of allylic oxidation sites excluding steroid dienone is 1. The number of ether oxygens (including phenoxy) is 1. The number of esters is 1. The van der Waals surface area contributed by atoms with Crippen LogP contribution < -0.4 is 5.32 Å². The molecular formula is C26H26FN3O3S. The number of benzene rings is 2. The number of halogens is 1. The Kier molecular flexibility index (Phi) is 7.17. The number of methoxy groups -OCH3 is 1. The summed E-state index contributed by atoms with van der Waals surface area (Å²) in [7, 11) is 1.30. The number of thioether (sulfide) groups is 1. The van der Waals surface area contributed by atoms with Crippen LogP contribution in [0.15, 0.2) is 82.0 Å². The number of amidine groups is 1. The van der Waals surface area contributed by atoms with Gasteiger partial charge in [-0.05, 0) is 30.4 Å². The molecule has 1 N–H and O–H groups in total. The maximum atomic E-state index is 15.0. The molecule has 4 rings (SSSR count). The van der Waals surface area contributed by atoms with Crippen molar-refractivity contribution in [2.75, 3.05) is 7.11 Å². The van der Waals surface area contributed by atoms with Crippen LogP contribution in [-0.2, 0) is 14.3 Å². The van der Waals surface area contributed by atoms with Crippen molar-refractivity contribution in [3.05, 3.63) is 93.9 Å². The average molecular weight is 480 g/mol. The van der Waals surface area contributed by atoms with Crippen molar-refractivity contribution in [3.63, 3.8) is 0 Å². The standard InChI is InChI=1S/C26H26FN3O3S/c1-4-21-23(25(32)33-3)24(19-12-8-9-13-20(19)27)30-18(15-34-26(30)29-21)14-22(31)28-16(2)17-10-6-5-7-11-17/h5-13,15-16,24H,4,14H2,1-3H3,(H,28,31)/t16-,24-/m0/s1. The number of fused-ring (bicyclic) bond motifs is 1. The van der Waals surface area contributed by atoms with E-state index in [1.807, 2.05) is 49.6 Å². The number of aliphatic imine (C=N–C) groups is 1. The number of nitrogens with zero attached hydrogens (tertiary/aromatic N) is 2. The second-order valence-electron chi connectivity index (χ2n) is 8.00. The molecule has 2 atom stereocenters. The lowest BCUT2D eigenvalue weighted by atomic mass is 9.92. The van der Waals surface area contributed by atoms with Crippen LogP contribution in [0, 0.1) is 5.82 Å². The van der Waals surface area contributed by atoms with E-state index >= 15 is 4.39 Å². The molecule has 0 aliphatic carbocycles. The fraction of sp³-hybridized carbons (Fsp3) is 0.269. The zero-order valence-corrected chi connectivity index (χ0v) is 20.1. The van der Waals surface area contributed by atoms with E-state index in [1.54, 1.807) is 23.1 Å². The quantitative estimate of drug-likeness (QED) is 0.551. The van der Waals surface area contributed by atoms with Crippen molar-refractivity contribution in [3.8, 4) is 0 Å². The van der Waals surface area contributed by atoms with Gasteiger partial charge in [-0.15, -0.1) is 0 Å². The minimum Gasteiger partial charge on any atom is -0.466 e. The molecule has 176 valence electrons. The summed E-state index contributed by atoms with van der Waals surface area (Å²) in [6.45, 7) is 3.81. The van der Waals surface area contributed by atoms with Gasteiger partial charge in [-0.1, -0.05) is 67.2 Å². The van der Waals surface area contributed by atoms with Gasteiger partial charge in [-0.25, -0.2) is 14.2 Å². The molecule has 0 saturated heterocycles. The molecule has 0 spiro atoms. The lowest BCUT2D eigenvalue weighted by Gasteiger charge is -2.36. The SMILES string of the molecule is CCC1=C(C(=O)OC)[C@H](c2ccccc2F)N2C(CC(=O)N[C@@H](C)c3ccccc3)=CSC2=N1. The van der Waals surface area contributed by atoms with Gasteiger partial charge in [-0.3, -0.25) is 4.79 Å². The highest BCUT2D eigenvalue weighted by Gasteiger charge is 2.42. The first-order valence-electron chi connectivity index (χ1n) is 11.1. The molecule has 0 radical (unpaired) electrons. The number of hydrogen-bond donors (Lipinski definition) is 1. The first-order chi connectivity index (χ1) is 16.4. The molecule has 0 aromatic heterocycles. The van der Waals surface area contributed by atoms with Crippen LogP contribution in [0.5, 0.6) is 0 Å². The molecule has 0 saturated carbocycles. The Hall–Kier alpha value is -3.39. The molecule has 2 aromatic carbocycles. The molecule has 2 aliphatic heterocycles. The lowest BCUT2D eigenvalue weighted by Crippen LogP contribution is -2.38. The number of hydrogen-bond acceptors (Lipinski definition) is 6. The lowest BCUT2D eigenvalue weighted by molar-refractivity contribution is -0.136. The Bertz CT molecular complexity index is 1190. The van der Waals surface area contributed by atoms with Crippen molar-refractivity contribution in [2.24, 2.45) is 4.99 Å². The van der Waals surface area contributed by atoms with Gasteiger partial charge in [0.1, 0.15) is 5.82 Å². The van der Waals surface area contributed by atoms with E-state index < -0.39 is 17.8 Å². The Morgan fingerprint density at radius 3 is 2.56 bits per heavy atom. The maximum absolute atomic E-state index is 15.0. The van der Waals surface area contributed by atoms with Crippen molar-refractivity contribution >= 4 is 28.8 Å². The summed E-state index contributed by atoms with van der Waals surface area (Å²) in [5.41, 5.74) is 2.80. The van der Waals surface area contributed by atoms with Gasteiger partial charge in [0.15, 0.2) is 5.17 Å². The first-order valence-corrected chi connectivity index (χ1v) is 12.0. The molecule has 1 amide bonds. The molecule has 34 heavy (non-hydrogen) atoms. The summed E-state index contributed by atoms with van der Waals surface area (Å²) in [5, 5.41) is 5.46. The summed E-state index contributed by atoms with van der Waals surface area (Å²) in [5.74, 6) is -1.18. The summed E-state index contributed by atoms with van der Waals surface area (Å²) in [6.07, 6.45) is 0.543. The first kappa shape index (κ1) is 23.8. The molecule has 2 aliphatic rings. The number of carbonyl (C=O) groups is 2. The predicted octanol–water partition coefficient (Wildman–Crippen LogP) is 5.23. The van der Waals surface area contributed by atoms with E-state index in [4.69, 9.17) is 4.74 Å². The van der Waals surface area contributed by atoms with Crippen LogP contribution in [0.3, 0.4) is 0 Å². The van der Waals surface area contributed by atoms with Gasteiger partial charge >= 0.3 is 5.97 Å². The average Bonchev–Trinajstić information content (AvgIpc) is 3.25. The Balaban J connectivity index is 1.66. The number of carbonyl (C=O) groups excluding carboxylic acids is 2. The number of nitrogens with one attached hydrogen (secondary N) is 1.